The maximum atomic E-state index is 3.54. The lowest BCUT2D eigenvalue weighted by atomic mass is 9.72. The van der Waals surface area contributed by atoms with E-state index in [2.05, 4.69) is 57.5 Å². The second-order valence-corrected chi connectivity index (χ2v) is 7.00. The third-order valence-corrected chi connectivity index (χ3v) is 5.32. The second kappa shape index (κ2) is 5.55. The number of nitrogens with one attached hydrogen (secondary N) is 1. The Morgan fingerprint density at radius 3 is 2.37 bits per heavy atom. The lowest BCUT2D eigenvalue weighted by molar-refractivity contribution is 0.150. The first-order chi connectivity index (χ1) is 9.23. The second-order valence-electron chi connectivity index (χ2n) is 6.08. The number of halogens is 1. The van der Waals surface area contributed by atoms with Crippen LogP contribution in [0.5, 0.6) is 0 Å². The third-order valence-electron chi connectivity index (χ3n) is 4.79. The van der Waals surface area contributed by atoms with E-state index in [0.29, 0.717) is 5.41 Å². The summed E-state index contributed by atoms with van der Waals surface area (Å²) in [6.07, 6.45) is 5.42. The van der Waals surface area contributed by atoms with E-state index in [4.69, 9.17) is 0 Å². The fourth-order valence-electron chi connectivity index (χ4n) is 3.47. The Kier molecular flexibility index (Phi) is 3.97. The molecule has 1 heterocycles. The zero-order chi connectivity index (χ0) is 13.3. The summed E-state index contributed by atoms with van der Waals surface area (Å²) in [5.41, 5.74) is 1.83. The summed E-state index contributed by atoms with van der Waals surface area (Å²) in [5, 5.41) is 3.42. The lowest BCUT2D eigenvalue weighted by Gasteiger charge is -2.42. The van der Waals surface area contributed by atoms with Gasteiger partial charge < -0.3 is 10.2 Å². The first kappa shape index (κ1) is 13.6. The highest BCUT2D eigenvalue weighted by atomic mass is 79.9. The van der Waals surface area contributed by atoms with Crippen LogP contribution in [0, 0.1) is 0 Å². The monoisotopic (exact) mass is 322 g/mol. The molecule has 0 unspecified atom stereocenters. The summed E-state index contributed by atoms with van der Waals surface area (Å²) in [6, 6.07) is 9.88. The van der Waals surface area contributed by atoms with E-state index in [9.17, 15) is 0 Å². The van der Waals surface area contributed by atoms with Crippen molar-refractivity contribution in [3.05, 3.63) is 34.3 Å². The Morgan fingerprint density at radius 1 is 1.21 bits per heavy atom. The molecule has 0 aromatic heterocycles. The molecule has 0 radical (unpaired) electrons. The van der Waals surface area contributed by atoms with Crippen LogP contribution >= 0.6 is 15.9 Å². The lowest BCUT2D eigenvalue weighted by Crippen LogP contribution is -2.48. The molecule has 0 spiro atoms. The van der Waals surface area contributed by atoms with Gasteiger partial charge in [0.15, 0.2) is 0 Å². The highest BCUT2D eigenvalue weighted by Crippen LogP contribution is 2.39. The first-order valence-corrected chi connectivity index (χ1v) is 8.17. The van der Waals surface area contributed by atoms with Gasteiger partial charge in [0, 0.05) is 22.5 Å². The molecule has 19 heavy (non-hydrogen) atoms. The van der Waals surface area contributed by atoms with Gasteiger partial charge in [-0.3, -0.25) is 0 Å². The topological polar surface area (TPSA) is 15.3 Å². The molecule has 2 fully saturated rings. The van der Waals surface area contributed by atoms with E-state index in [0.717, 1.165) is 12.6 Å². The summed E-state index contributed by atoms with van der Waals surface area (Å²) in [4.78, 5) is 2.70. The summed E-state index contributed by atoms with van der Waals surface area (Å²) >= 11 is 3.54. The van der Waals surface area contributed by atoms with Gasteiger partial charge in [-0.15, -0.1) is 0 Å². The molecule has 3 heteroatoms. The van der Waals surface area contributed by atoms with Crippen LogP contribution in [0.3, 0.4) is 0 Å². The molecule has 1 saturated heterocycles. The van der Waals surface area contributed by atoms with Gasteiger partial charge in [0.05, 0.1) is 0 Å². The zero-order valence-electron chi connectivity index (χ0n) is 11.7. The van der Waals surface area contributed by atoms with Crippen molar-refractivity contribution in [2.75, 3.05) is 26.7 Å². The molecule has 104 valence electrons. The molecule has 1 saturated carbocycles. The minimum atomic E-state index is 0.334. The number of benzene rings is 1. The molecule has 1 aliphatic carbocycles. The Bertz CT molecular complexity index is 417. The van der Waals surface area contributed by atoms with Crippen LogP contribution in [-0.2, 0) is 5.41 Å². The van der Waals surface area contributed by atoms with E-state index in [-0.39, 0.29) is 0 Å². The van der Waals surface area contributed by atoms with Crippen LogP contribution in [0.4, 0.5) is 0 Å². The van der Waals surface area contributed by atoms with Crippen molar-refractivity contribution in [2.45, 2.75) is 37.1 Å². The molecule has 1 N–H and O–H groups in total. The molecule has 0 atom stereocenters. The summed E-state index contributed by atoms with van der Waals surface area (Å²) in [5.74, 6) is 0. The Balaban J connectivity index is 1.77. The maximum absolute atomic E-state index is 3.54. The van der Waals surface area contributed by atoms with Crippen LogP contribution in [-0.4, -0.2) is 37.6 Å². The quantitative estimate of drug-likeness (QED) is 0.916. The number of piperidine rings is 1. The van der Waals surface area contributed by atoms with E-state index in [1.165, 1.54) is 48.8 Å². The molecular formula is C16H23BrN2. The van der Waals surface area contributed by atoms with Crippen molar-refractivity contribution in [3.63, 3.8) is 0 Å². The van der Waals surface area contributed by atoms with Gasteiger partial charge in [-0.05, 0) is 63.5 Å². The van der Waals surface area contributed by atoms with Crippen molar-refractivity contribution in [1.82, 2.24) is 10.2 Å². The smallest absolute Gasteiger partial charge is 0.0175 e. The zero-order valence-corrected chi connectivity index (χ0v) is 13.2. The fraction of sp³-hybridized carbons (Fsp3) is 0.625. The molecule has 1 aromatic carbocycles. The summed E-state index contributed by atoms with van der Waals surface area (Å²) in [7, 11) is 2.08. The molecule has 0 bridgehead atoms. The van der Waals surface area contributed by atoms with Crippen molar-refractivity contribution in [2.24, 2.45) is 0 Å². The van der Waals surface area contributed by atoms with Gasteiger partial charge in [-0.25, -0.2) is 0 Å². The van der Waals surface area contributed by atoms with E-state index >= 15 is 0 Å². The van der Waals surface area contributed by atoms with Gasteiger partial charge in [0.2, 0.25) is 0 Å². The van der Waals surface area contributed by atoms with Gasteiger partial charge in [0.25, 0.3) is 0 Å². The number of likely N-dealkylation sites (tertiary alicyclic amines) is 1. The van der Waals surface area contributed by atoms with E-state index in [1.807, 2.05) is 0 Å². The molecule has 2 nitrogen and oxygen atoms in total. The average molecular weight is 323 g/mol. The highest BCUT2D eigenvalue weighted by molar-refractivity contribution is 9.10. The predicted octanol–water partition coefficient (Wildman–Crippen LogP) is 3.16. The Morgan fingerprint density at radius 2 is 1.84 bits per heavy atom. The van der Waals surface area contributed by atoms with Gasteiger partial charge in [-0.1, -0.05) is 28.1 Å². The van der Waals surface area contributed by atoms with Crippen LogP contribution in [0.25, 0.3) is 0 Å². The van der Waals surface area contributed by atoms with E-state index in [1.54, 1.807) is 0 Å². The molecule has 2 aliphatic rings. The van der Waals surface area contributed by atoms with Crippen LogP contribution in [0.2, 0.25) is 0 Å². The first-order valence-electron chi connectivity index (χ1n) is 7.38. The number of rotatable bonds is 4. The predicted molar refractivity (Wildman–Crippen MR) is 83.6 cm³/mol. The number of likely N-dealkylation sites (N-methyl/N-ethyl adjacent to an activating group) is 1. The van der Waals surface area contributed by atoms with Crippen molar-refractivity contribution < 1.29 is 0 Å². The van der Waals surface area contributed by atoms with Crippen LogP contribution in [0.15, 0.2) is 28.7 Å². The van der Waals surface area contributed by atoms with Crippen molar-refractivity contribution >= 4 is 15.9 Å². The molecule has 3 rings (SSSR count). The molecular weight excluding hydrogens is 300 g/mol. The average Bonchev–Trinajstić information content (AvgIpc) is 3.25. The van der Waals surface area contributed by atoms with Gasteiger partial charge in [0.1, 0.15) is 0 Å². The minimum absolute atomic E-state index is 0.334. The largest absolute Gasteiger partial charge is 0.319 e. The van der Waals surface area contributed by atoms with Crippen molar-refractivity contribution in [1.29, 1.82) is 0 Å². The van der Waals surface area contributed by atoms with Crippen LogP contribution in [0.1, 0.15) is 31.2 Å². The minimum Gasteiger partial charge on any atom is -0.319 e. The van der Waals surface area contributed by atoms with Crippen molar-refractivity contribution in [3.8, 4) is 0 Å². The van der Waals surface area contributed by atoms with E-state index < -0.39 is 0 Å². The van der Waals surface area contributed by atoms with Gasteiger partial charge in [-0.2, -0.15) is 0 Å². The molecule has 0 amide bonds. The third kappa shape index (κ3) is 2.88. The Labute approximate surface area is 124 Å². The Hall–Kier alpha value is -0.380. The number of nitrogens with zero attached hydrogens (tertiary/aromatic N) is 1. The highest BCUT2D eigenvalue weighted by Gasteiger charge is 2.39. The number of hydrogen-bond acceptors (Lipinski definition) is 2. The normalized spacial score (nSPS) is 23.5. The maximum Gasteiger partial charge on any atom is 0.0175 e. The number of hydrogen-bond donors (Lipinski definition) is 1. The molecule has 1 aromatic rings. The van der Waals surface area contributed by atoms with Crippen LogP contribution < -0.4 is 5.32 Å². The summed E-state index contributed by atoms with van der Waals surface area (Å²) in [6.45, 7) is 3.62. The summed E-state index contributed by atoms with van der Waals surface area (Å²) < 4.78 is 1.17. The fourth-order valence-corrected chi connectivity index (χ4v) is 3.73. The van der Waals surface area contributed by atoms with Gasteiger partial charge >= 0.3 is 0 Å². The SMILES string of the molecule is CNCC1(c2ccc(Br)cc2)CCN(C2CC2)CC1. The standard InChI is InChI=1S/C16H23BrN2/c1-18-12-16(13-2-4-14(17)5-3-13)8-10-19(11-9-16)15-6-7-15/h2-5,15,18H,6-12H2,1H3. The molecule has 1 aliphatic heterocycles.